The van der Waals surface area contributed by atoms with E-state index in [0.29, 0.717) is 17.0 Å². The molecule has 1 atom stereocenters. The van der Waals surface area contributed by atoms with Gasteiger partial charge >= 0.3 is 0 Å². The molecule has 3 N–H and O–H groups in total. The van der Waals surface area contributed by atoms with E-state index in [-0.39, 0.29) is 11.2 Å². The molecule has 1 heterocycles. The van der Waals surface area contributed by atoms with Crippen molar-refractivity contribution in [3.8, 4) is 17.1 Å². The molecule has 1 aliphatic carbocycles. The first-order valence-electron chi connectivity index (χ1n) is 8.90. The zero-order valence-electron chi connectivity index (χ0n) is 15.1. The van der Waals surface area contributed by atoms with E-state index in [4.69, 9.17) is 10.6 Å². The summed E-state index contributed by atoms with van der Waals surface area (Å²) in [5.74, 6) is 7.48. The Bertz CT molecular complexity index is 741. The fourth-order valence-electron chi connectivity index (χ4n) is 3.07. The average molecular weight is 375 g/mol. The normalized spacial score (nSPS) is 16.2. The van der Waals surface area contributed by atoms with Gasteiger partial charge in [-0.25, -0.2) is 4.68 Å². The van der Waals surface area contributed by atoms with Crippen LogP contribution in [0, 0.1) is 0 Å². The zero-order chi connectivity index (χ0) is 18.5. The van der Waals surface area contributed by atoms with Gasteiger partial charge in [-0.1, -0.05) is 31.0 Å². The number of rotatable bonds is 6. The Morgan fingerprint density at radius 2 is 1.96 bits per heavy atom. The van der Waals surface area contributed by atoms with Gasteiger partial charge in [0.1, 0.15) is 5.75 Å². The van der Waals surface area contributed by atoms with Crippen LogP contribution in [0.15, 0.2) is 29.4 Å². The minimum absolute atomic E-state index is 0.0240. The maximum atomic E-state index is 12.4. The highest BCUT2D eigenvalue weighted by molar-refractivity contribution is 8.00. The van der Waals surface area contributed by atoms with Crippen LogP contribution >= 0.6 is 11.8 Å². The lowest BCUT2D eigenvalue weighted by Crippen LogP contribution is -2.40. The van der Waals surface area contributed by atoms with E-state index in [1.807, 2.05) is 31.2 Å². The SMILES string of the molecule is COc1ccc(-c2nnc(SC(C)C(=O)NC3CCCCC3)n2N)cc1. The van der Waals surface area contributed by atoms with Crippen LogP contribution in [0.5, 0.6) is 5.75 Å². The van der Waals surface area contributed by atoms with E-state index in [9.17, 15) is 4.79 Å². The number of thioether (sulfide) groups is 1. The number of ether oxygens (including phenoxy) is 1. The molecule has 1 aromatic heterocycles. The highest BCUT2D eigenvalue weighted by Gasteiger charge is 2.23. The fourth-order valence-corrected chi connectivity index (χ4v) is 3.85. The lowest BCUT2D eigenvalue weighted by molar-refractivity contribution is -0.121. The van der Waals surface area contributed by atoms with Crippen LogP contribution < -0.4 is 15.9 Å². The molecule has 1 aliphatic rings. The molecule has 1 aromatic carbocycles. The molecular formula is C18H25N5O2S. The molecule has 1 amide bonds. The fraction of sp³-hybridized carbons (Fsp3) is 0.500. The number of hydrogen-bond donors (Lipinski definition) is 2. The molecule has 1 saturated carbocycles. The number of nitrogens with two attached hydrogens (primary N) is 1. The number of nitrogen functional groups attached to an aromatic ring is 1. The highest BCUT2D eigenvalue weighted by atomic mass is 32.2. The number of nitrogens with zero attached hydrogens (tertiary/aromatic N) is 3. The van der Waals surface area contributed by atoms with Crippen LogP contribution in [0.2, 0.25) is 0 Å². The van der Waals surface area contributed by atoms with E-state index in [1.165, 1.54) is 35.7 Å². The summed E-state index contributed by atoms with van der Waals surface area (Å²) in [6.07, 6.45) is 5.78. The largest absolute Gasteiger partial charge is 0.497 e. The Balaban J connectivity index is 1.64. The molecule has 7 nitrogen and oxygen atoms in total. The number of amides is 1. The molecule has 1 fully saturated rings. The zero-order valence-corrected chi connectivity index (χ0v) is 16.0. The summed E-state index contributed by atoms with van der Waals surface area (Å²) in [6.45, 7) is 1.87. The Kier molecular flexibility index (Phi) is 6.03. The van der Waals surface area contributed by atoms with E-state index >= 15 is 0 Å². The number of aromatic nitrogens is 3. The number of carbonyl (C=O) groups is 1. The van der Waals surface area contributed by atoms with Crippen molar-refractivity contribution in [2.45, 2.75) is 55.5 Å². The smallest absolute Gasteiger partial charge is 0.233 e. The van der Waals surface area contributed by atoms with E-state index in [0.717, 1.165) is 24.2 Å². The van der Waals surface area contributed by atoms with Gasteiger partial charge in [-0.2, -0.15) is 0 Å². The van der Waals surface area contributed by atoms with Crippen molar-refractivity contribution in [1.29, 1.82) is 0 Å². The molecule has 0 bridgehead atoms. The molecule has 2 aromatic rings. The topological polar surface area (TPSA) is 95.1 Å². The number of benzene rings is 1. The van der Waals surface area contributed by atoms with Crippen molar-refractivity contribution in [1.82, 2.24) is 20.2 Å². The molecule has 0 radical (unpaired) electrons. The first-order valence-corrected chi connectivity index (χ1v) is 9.78. The number of nitrogens with one attached hydrogen (secondary N) is 1. The Morgan fingerprint density at radius 3 is 2.62 bits per heavy atom. The lowest BCUT2D eigenvalue weighted by Gasteiger charge is -2.24. The van der Waals surface area contributed by atoms with Crippen molar-refractivity contribution in [3.63, 3.8) is 0 Å². The average Bonchev–Trinajstić information content (AvgIpc) is 3.03. The predicted octanol–water partition coefficient (Wildman–Crippen LogP) is 2.60. The van der Waals surface area contributed by atoms with Crippen molar-refractivity contribution in [3.05, 3.63) is 24.3 Å². The minimum atomic E-state index is -0.285. The molecule has 8 heteroatoms. The van der Waals surface area contributed by atoms with Crippen molar-refractivity contribution in [2.75, 3.05) is 13.0 Å². The van der Waals surface area contributed by atoms with E-state index in [2.05, 4.69) is 15.5 Å². The van der Waals surface area contributed by atoms with Gasteiger partial charge in [-0.3, -0.25) is 4.79 Å². The van der Waals surface area contributed by atoms with E-state index in [1.54, 1.807) is 7.11 Å². The second-order valence-electron chi connectivity index (χ2n) is 6.51. The molecule has 1 unspecified atom stereocenters. The number of hydrogen-bond acceptors (Lipinski definition) is 6. The third-order valence-electron chi connectivity index (χ3n) is 4.62. The van der Waals surface area contributed by atoms with Gasteiger partial charge in [-0.15, -0.1) is 10.2 Å². The van der Waals surface area contributed by atoms with Crippen molar-refractivity contribution in [2.24, 2.45) is 0 Å². The van der Waals surface area contributed by atoms with E-state index < -0.39 is 0 Å². The van der Waals surface area contributed by atoms with Crippen molar-refractivity contribution >= 4 is 17.7 Å². The lowest BCUT2D eigenvalue weighted by atomic mass is 9.95. The maximum Gasteiger partial charge on any atom is 0.233 e. The summed E-state index contributed by atoms with van der Waals surface area (Å²) >= 11 is 1.32. The second-order valence-corrected chi connectivity index (χ2v) is 7.82. The molecule has 3 rings (SSSR count). The van der Waals surface area contributed by atoms with Crippen LogP contribution in [-0.2, 0) is 4.79 Å². The van der Waals surface area contributed by atoms with Gasteiger partial charge in [0.15, 0.2) is 5.82 Å². The Labute approximate surface area is 157 Å². The Morgan fingerprint density at radius 1 is 1.27 bits per heavy atom. The molecule has 0 aliphatic heterocycles. The second kappa shape index (κ2) is 8.44. The van der Waals surface area contributed by atoms with Gasteiger partial charge in [0, 0.05) is 11.6 Å². The number of carbonyl (C=O) groups excluding carboxylic acids is 1. The Hall–Kier alpha value is -2.22. The quantitative estimate of drug-likeness (QED) is 0.595. The molecule has 26 heavy (non-hydrogen) atoms. The van der Waals surface area contributed by atoms with Crippen LogP contribution in [0.3, 0.4) is 0 Å². The standard InChI is InChI=1S/C18H25N5O2S/c1-12(17(24)20-14-6-4-3-5-7-14)26-18-22-21-16(23(18)19)13-8-10-15(25-2)11-9-13/h8-12,14H,3-7,19H2,1-2H3,(H,20,24). The first kappa shape index (κ1) is 18.6. The monoisotopic (exact) mass is 375 g/mol. The molecule has 0 saturated heterocycles. The highest BCUT2D eigenvalue weighted by Crippen LogP contribution is 2.26. The van der Waals surface area contributed by atoms with Crippen molar-refractivity contribution < 1.29 is 9.53 Å². The van der Waals surface area contributed by atoms with Crippen LogP contribution in [-0.4, -0.2) is 39.2 Å². The summed E-state index contributed by atoms with van der Waals surface area (Å²) < 4.78 is 6.59. The molecule has 0 spiro atoms. The van der Waals surface area contributed by atoms with Gasteiger partial charge in [0.25, 0.3) is 0 Å². The summed E-state index contributed by atoms with van der Waals surface area (Å²) in [5, 5.41) is 11.7. The van der Waals surface area contributed by atoms with Crippen LogP contribution in [0.1, 0.15) is 39.0 Å². The molecular weight excluding hydrogens is 350 g/mol. The van der Waals surface area contributed by atoms with Gasteiger partial charge in [0.05, 0.1) is 12.4 Å². The van der Waals surface area contributed by atoms with Crippen LogP contribution in [0.25, 0.3) is 11.4 Å². The van der Waals surface area contributed by atoms with Gasteiger partial charge in [-0.05, 0) is 44.0 Å². The summed E-state index contributed by atoms with van der Waals surface area (Å²) in [4.78, 5) is 12.4. The first-order chi connectivity index (χ1) is 12.6. The number of methoxy groups -OCH3 is 1. The summed E-state index contributed by atoms with van der Waals surface area (Å²) in [7, 11) is 1.62. The minimum Gasteiger partial charge on any atom is -0.497 e. The third kappa shape index (κ3) is 4.30. The third-order valence-corrected chi connectivity index (χ3v) is 5.67. The van der Waals surface area contributed by atoms with Gasteiger partial charge in [0.2, 0.25) is 11.1 Å². The maximum absolute atomic E-state index is 12.4. The summed E-state index contributed by atoms with van der Waals surface area (Å²) in [6, 6.07) is 7.73. The summed E-state index contributed by atoms with van der Waals surface area (Å²) in [5.41, 5.74) is 0.840. The predicted molar refractivity (Wildman–Crippen MR) is 102 cm³/mol. The van der Waals surface area contributed by atoms with Crippen LogP contribution in [0.4, 0.5) is 0 Å². The van der Waals surface area contributed by atoms with Gasteiger partial charge < -0.3 is 15.9 Å². The molecule has 140 valence electrons.